The Morgan fingerprint density at radius 1 is 1.33 bits per heavy atom. The van der Waals surface area contributed by atoms with Gasteiger partial charge in [-0.05, 0) is 12.8 Å². The summed E-state index contributed by atoms with van der Waals surface area (Å²) >= 11 is 0.137. The second-order valence-electron chi connectivity index (χ2n) is 3.59. The van der Waals surface area contributed by atoms with Crippen molar-refractivity contribution in [2.75, 3.05) is 0 Å². The van der Waals surface area contributed by atoms with E-state index in [0.29, 0.717) is 0 Å². The van der Waals surface area contributed by atoms with Crippen LogP contribution in [-0.2, 0) is 0 Å². The monoisotopic (exact) mass is 174 g/mol. The van der Waals surface area contributed by atoms with E-state index >= 15 is 0 Å². The van der Waals surface area contributed by atoms with Gasteiger partial charge in [-0.25, -0.2) is 0 Å². The third kappa shape index (κ3) is 2.95. The van der Waals surface area contributed by atoms with Gasteiger partial charge in [-0.15, -0.1) is 4.55 Å². The van der Waals surface area contributed by atoms with Crippen LogP contribution in [0.3, 0.4) is 0 Å². The van der Waals surface area contributed by atoms with Crippen molar-refractivity contribution in [2.24, 2.45) is 0 Å². The van der Waals surface area contributed by atoms with E-state index in [2.05, 4.69) is 26.0 Å². The molecule has 0 aromatic carbocycles. The summed E-state index contributed by atoms with van der Waals surface area (Å²) in [6, 6.07) is 0. The van der Waals surface area contributed by atoms with Gasteiger partial charge in [0.05, 0.1) is 0 Å². The standard InChI is InChI=1S/C8H11.C3H7.Mg/c1-2-5-8-6-3-4-7-8;1-3-2;/h3,6H,2,4-5H2,1H3;1,3H2,2H3;. The predicted octanol–water partition coefficient (Wildman–Crippen LogP) is 3.53. The minimum Gasteiger partial charge on any atom is -0.187 e. The van der Waals surface area contributed by atoms with Crippen LogP contribution in [-0.4, -0.2) is 20.4 Å². The fourth-order valence-corrected chi connectivity index (χ4v) is 3.54. The van der Waals surface area contributed by atoms with E-state index in [4.69, 9.17) is 0 Å². The molecule has 1 aliphatic carbocycles. The van der Waals surface area contributed by atoms with Gasteiger partial charge in [-0.1, -0.05) is 44.4 Å². The molecule has 0 N–H and O–H groups in total. The molecule has 0 amide bonds. The van der Waals surface area contributed by atoms with Crippen LogP contribution >= 0.6 is 0 Å². The quantitative estimate of drug-likeness (QED) is 0.560. The zero-order chi connectivity index (χ0) is 8.81. The van der Waals surface area contributed by atoms with E-state index in [1.807, 2.05) is 3.70 Å². The first-order valence-corrected chi connectivity index (χ1v) is 6.96. The van der Waals surface area contributed by atoms with Gasteiger partial charge in [-0.3, -0.25) is 0 Å². The molecule has 0 atom stereocenters. The Balaban J connectivity index is 2.43. The number of hydrogen-bond acceptors (Lipinski definition) is 0. The molecule has 0 spiro atoms. The third-order valence-corrected chi connectivity index (χ3v) is 4.90. The SMILES string of the molecule is CC[CH2][Mg][C]1=C(CCC)C=CC1. The van der Waals surface area contributed by atoms with Crippen LogP contribution in [0.4, 0.5) is 0 Å². The van der Waals surface area contributed by atoms with Crippen molar-refractivity contribution in [3.63, 3.8) is 0 Å². The molecule has 0 radical (unpaired) electrons. The average Bonchev–Trinajstić information content (AvgIpc) is 2.50. The topological polar surface area (TPSA) is 0 Å². The summed E-state index contributed by atoms with van der Waals surface area (Å²) in [6.45, 7) is 4.58. The zero-order valence-electron chi connectivity index (χ0n) is 8.40. The molecule has 0 saturated heterocycles. The minimum atomic E-state index is 0.137. The van der Waals surface area contributed by atoms with Crippen molar-refractivity contribution in [3.8, 4) is 0 Å². The Morgan fingerprint density at radius 3 is 2.83 bits per heavy atom. The molecule has 1 heteroatoms. The van der Waals surface area contributed by atoms with Crippen LogP contribution in [0, 0.1) is 0 Å². The Hall–Kier alpha value is 0.246. The summed E-state index contributed by atoms with van der Waals surface area (Å²) in [5.74, 6) is 0. The summed E-state index contributed by atoms with van der Waals surface area (Å²) in [5, 5.41) is 0. The minimum absolute atomic E-state index is 0.137. The van der Waals surface area contributed by atoms with Gasteiger partial charge >= 0.3 is 20.4 Å². The van der Waals surface area contributed by atoms with Crippen molar-refractivity contribution >= 4 is 20.4 Å². The molecule has 0 saturated carbocycles. The van der Waals surface area contributed by atoms with Gasteiger partial charge in [0.25, 0.3) is 0 Å². The molecule has 0 aromatic heterocycles. The molecule has 1 rings (SSSR count). The highest BCUT2D eigenvalue weighted by atomic mass is 24.5. The fourth-order valence-electron chi connectivity index (χ4n) is 1.77. The number of rotatable bonds is 5. The van der Waals surface area contributed by atoms with Crippen LogP contribution in [0.5, 0.6) is 0 Å². The highest BCUT2D eigenvalue weighted by Crippen LogP contribution is 2.22. The van der Waals surface area contributed by atoms with E-state index in [9.17, 15) is 0 Å². The lowest BCUT2D eigenvalue weighted by molar-refractivity contribution is 0.923. The molecular formula is C11H18Mg. The normalized spacial score (nSPS) is 15.5. The maximum absolute atomic E-state index is 2.36. The van der Waals surface area contributed by atoms with Gasteiger partial charge < -0.3 is 0 Å². The zero-order valence-corrected chi connectivity index (χ0v) is 9.81. The molecule has 1 aliphatic rings. The smallest absolute Gasteiger partial charge is 0.187 e. The van der Waals surface area contributed by atoms with Crippen LogP contribution in [0.2, 0.25) is 4.55 Å². The Labute approximate surface area is 85.8 Å². The van der Waals surface area contributed by atoms with Gasteiger partial charge in [0.15, 0.2) is 0 Å². The van der Waals surface area contributed by atoms with Gasteiger partial charge in [0.1, 0.15) is 0 Å². The van der Waals surface area contributed by atoms with Crippen molar-refractivity contribution in [1.29, 1.82) is 0 Å². The molecule has 0 nitrogen and oxygen atoms in total. The molecule has 0 fully saturated rings. The Bertz CT molecular complexity index is 189. The molecule has 0 heterocycles. The first-order valence-electron chi connectivity index (χ1n) is 5.26. The molecule has 0 aromatic rings. The second kappa shape index (κ2) is 5.82. The molecule has 0 aliphatic heterocycles. The summed E-state index contributed by atoms with van der Waals surface area (Å²) < 4.78 is 3.35. The summed E-state index contributed by atoms with van der Waals surface area (Å²) in [7, 11) is 0. The summed E-state index contributed by atoms with van der Waals surface area (Å²) in [5.41, 5.74) is 1.69. The summed E-state index contributed by atoms with van der Waals surface area (Å²) in [6.07, 6.45) is 10.0. The van der Waals surface area contributed by atoms with Crippen LogP contribution in [0.25, 0.3) is 0 Å². The maximum atomic E-state index is 2.36. The van der Waals surface area contributed by atoms with Crippen molar-refractivity contribution in [3.05, 3.63) is 21.4 Å². The lowest BCUT2D eigenvalue weighted by Crippen LogP contribution is -1.95. The summed E-state index contributed by atoms with van der Waals surface area (Å²) in [4.78, 5) is 0. The van der Waals surface area contributed by atoms with E-state index in [1.165, 1.54) is 30.2 Å². The van der Waals surface area contributed by atoms with Crippen LogP contribution in [0.1, 0.15) is 39.5 Å². The highest BCUT2D eigenvalue weighted by molar-refractivity contribution is 6.45. The van der Waals surface area contributed by atoms with E-state index in [-0.39, 0.29) is 20.4 Å². The third-order valence-electron chi connectivity index (χ3n) is 2.49. The lowest BCUT2D eigenvalue weighted by atomic mass is 10.2. The Morgan fingerprint density at radius 2 is 2.17 bits per heavy atom. The first-order chi connectivity index (χ1) is 5.88. The molecule has 64 valence electrons. The molecule has 0 unspecified atom stereocenters. The van der Waals surface area contributed by atoms with Gasteiger partial charge in [-0.2, -0.15) is 3.70 Å². The van der Waals surface area contributed by atoms with Crippen molar-refractivity contribution < 1.29 is 0 Å². The van der Waals surface area contributed by atoms with E-state index < -0.39 is 0 Å². The molecular weight excluding hydrogens is 156 g/mol. The second-order valence-corrected chi connectivity index (χ2v) is 5.65. The highest BCUT2D eigenvalue weighted by Gasteiger charge is 2.08. The van der Waals surface area contributed by atoms with E-state index in [1.54, 1.807) is 5.57 Å². The van der Waals surface area contributed by atoms with Crippen molar-refractivity contribution in [2.45, 2.75) is 44.1 Å². The van der Waals surface area contributed by atoms with Crippen molar-refractivity contribution in [1.82, 2.24) is 0 Å². The number of allylic oxidation sites excluding steroid dienone is 4. The fraction of sp³-hybridized carbons (Fsp3) is 0.636. The molecule has 12 heavy (non-hydrogen) atoms. The molecule has 0 bridgehead atoms. The van der Waals surface area contributed by atoms with Crippen LogP contribution < -0.4 is 0 Å². The Kier molecular flexibility index (Phi) is 5.01. The van der Waals surface area contributed by atoms with Crippen LogP contribution in [0.15, 0.2) is 21.4 Å². The average molecular weight is 175 g/mol. The number of hydrogen-bond donors (Lipinski definition) is 0. The maximum Gasteiger partial charge on any atom is 0.403 e. The lowest BCUT2D eigenvalue weighted by Gasteiger charge is -2.04. The van der Waals surface area contributed by atoms with E-state index in [0.717, 1.165) is 0 Å². The predicted molar refractivity (Wildman–Crippen MR) is 56.5 cm³/mol. The van der Waals surface area contributed by atoms with Gasteiger partial charge in [0.2, 0.25) is 0 Å². The largest absolute Gasteiger partial charge is 0.403 e. The van der Waals surface area contributed by atoms with Gasteiger partial charge in [0, 0.05) is 0 Å². The first kappa shape index (κ1) is 10.3.